The molecule has 186 valence electrons. The third-order valence-corrected chi connectivity index (χ3v) is 7.16. The lowest BCUT2D eigenvalue weighted by Gasteiger charge is -2.17. The number of ether oxygens (including phenoxy) is 1. The van der Waals surface area contributed by atoms with E-state index in [1.165, 1.54) is 22.3 Å². The van der Waals surface area contributed by atoms with E-state index < -0.39 is 12.1 Å². The van der Waals surface area contributed by atoms with E-state index in [2.05, 4.69) is 34.9 Å². The van der Waals surface area contributed by atoms with Crippen LogP contribution in [0.4, 0.5) is 4.79 Å². The van der Waals surface area contributed by atoms with Crippen LogP contribution in [0, 0.1) is 11.8 Å². The summed E-state index contributed by atoms with van der Waals surface area (Å²) in [4.78, 5) is 35.5. The van der Waals surface area contributed by atoms with Gasteiger partial charge in [0.15, 0.2) is 0 Å². The second-order valence-electron chi connectivity index (χ2n) is 9.89. The Labute approximate surface area is 206 Å². The van der Waals surface area contributed by atoms with Gasteiger partial charge in [-0.25, -0.2) is 4.79 Å². The van der Waals surface area contributed by atoms with E-state index in [9.17, 15) is 14.4 Å². The molecule has 1 unspecified atom stereocenters. The molecule has 3 atom stereocenters. The fourth-order valence-corrected chi connectivity index (χ4v) is 5.39. The van der Waals surface area contributed by atoms with E-state index >= 15 is 0 Å². The number of carboxylic acid groups (broad SMARTS) is 1. The van der Waals surface area contributed by atoms with Crippen molar-refractivity contribution in [3.8, 4) is 11.1 Å². The van der Waals surface area contributed by atoms with Crippen LogP contribution < -0.4 is 10.6 Å². The van der Waals surface area contributed by atoms with Crippen LogP contribution in [0.25, 0.3) is 11.1 Å². The molecule has 7 heteroatoms. The molecule has 1 fully saturated rings. The van der Waals surface area contributed by atoms with Gasteiger partial charge < -0.3 is 20.5 Å². The number of alkyl carbamates (subject to hydrolysis) is 1. The number of benzene rings is 2. The van der Waals surface area contributed by atoms with Crippen LogP contribution in [0.3, 0.4) is 0 Å². The first kappa shape index (κ1) is 24.8. The molecule has 7 nitrogen and oxygen atoms in total. The number of carbonyl (C=O) groups excluding carboxylic acids is 2. The maximum atomic E-state index is 12.5. The predicted molar refractivity (Wildman–Crippen MR) is 133 cm³/mol. The minimum absolute atomic E-state index is 0.0130. The maximum absolute atomic E-state index is 12.5. The lowest BCUT2D eigenvalue weighted by atomic mass is 9.98. The van der Waals surface area contributed by atoms with Gasteiger partial charge in [0, 0.05) is 31.3 Å². The van der Waals surface area contributed by atoms with Gasteiger partial charge in [0.1, 0.15) is 6.61 Å². The topological polar surface area (TPSA) is 105 Å². The standard InChI is InChI=1S/C28H34N2O5/c1-18(14-27(32)33)12-13-29-26(31)16-19-10-11-20(15-19)30-28(34)35-17-25-23-8-4-2-6-21(23)22-7-3-5-9-24(22)25/h2-9,18-20,25H,10-17H2,1H3,(H,29,31)(H,30,34)(H,32,33)/t18?,19-,20+/m0/s1. The molecule has 2 aromatic carbocycles. The summed E-state index contributed by atoms with van der Waals surface area (Å²) in [5.41, 5.74) is 4.77. The maximum Gasteiger partial charge on any atom is 0.407 e. The Bertz CT molecular complexity index is 1020. The van der Waals surface area contributed by atoms with E-state index in [1.54, 1.807) is 0 Å². The number of rotatable bonds is 10. The van der Waals surface area contributed by atoms with Gasteiger partial charge in [0.2, 0.25) is 5.91 Å². The Hall–Kier alpha value is -3.35. The van der Waals surface area contributed by atoms with Gasteiger partial charge in [0.25, 0.3) is 0 Å². The van der Waals surface area contributed by atoms with E-state index in [0.29, 0.717) is 26.0 Å². The summed E-state index contributed by atoms with van der Waals surface area (Å²) in [6.07, 6.45) is 3.25. The summed E-state index contributed by atoms with van der Waals surface area (Å²) >= 11 is 0. The van der Waals surface area contributed by atoms with Gasteiger partial charge in [-0.1, -0.05) is 55.5 Å². The highest BCUT2D eigenvalue weighted by Gasteiger charge is 2.31. The monoisotopic (exact) mass is 478 g/mol. The van der Waals surface area contributed by atoms with E-state index in [-0.39, 0.29) is 36.1 Å². The molecule has 0 radical (unpaired) electrons. The van der Waals surface area contributed by atoms with Crippen LogP contribution in [0.5, 0.6) is 0 Å². The summed E-state index contributed by atoms with van der Waals surface area (Å²) in [6.45, 7) is 2.65. The minimum Gasteiger partial charge on any atom is -0.481 e. The molecule has 35 heavy (non-hydrogen) atoms. The van der Waals surface area contributed by atoms with Crippen molar-refractivity contribution in [3.05, 3.63) is 59.7 Å². The van der Waals surface area contributed by atoms with E-state index in [1.807, 2.05) is 31.2 Å². The van der Waals surface area contributed by atoms with Crippen LogP contribution in [0.1, 0.15) is 62.5 Å². The third-order valence-electron chi connectivity index (χ3n) is 7.16. The Kier molecular flexibility index (Phi) is 8.06. The molecular weight excluding hydrogens is 444 g/mol. The minimum atomic E-state index is -0.815. The van der Waals surface area contributed by atoms with Crippen molar-refractivity contribution >= 4 is 18.0 Å². The molecule has 4 rings (SSSR count). The van der Waals surface area contributed by atoms with Gasteiger partial charge in [-0.3, -0.25) is 9.59 Å². The molecule has 0 saturated heterocycles. The van der Waals surface area contributed by atoms with Crippen molar-refractivity contribution in [2.45, 2.75) is 57.4 Å². The fraction of sp³-hybridized carbons (Fsp3) is 0.464. The number of carbonyl (C=O) groups is 3. The SMILES string of the molecule is CC(CCNC(=O)C[C@H]1CC[C@@H](NC(=O)OCC2c3ccccc3-c3ccccc32)C1)CC(=O)O. The highest BCUT2D eigenvalue weighted by atomic mass is 16.5. The lowest BCUT2D eigenvalue weighted by molar-refractivity contribution is -0.138. The van der Waals surface area contributed by atoms with Crippen LogP contribution >= 0.6 is 0 Å². The van der Waals surface area contributed by atoms with Gasteiger partial charge in [-0.05, 0) is 59.8 Å². The zero-order valence-corrected chi connectivity index (χ0v) is 20.2. The van der Waals surface area contributed by atoms with Crippen LogP contribution in [-0.4, -0.2) is 42.3 Å². The fourth-order valence-electron chi connectivity index (χ4n) is 5.39. The van der Waals surface area contributed by atoms with Crippen LogP contribution in [0.2, 0.25) is 0 Å². The van der Waals surface area contributed by atoms with Gasteiger partial charge >= 0.3 is 12.1 Å². The number of fused-ring (bicyclic) bond motifs is 3. The number of aliphatic carboxylic acids is 1. The van der Waals surface area contributed by atoms with Gasteiger partial charge in [-0.15, -0.1) is 0 Å². The lowest BCUT2D eigenvalue weighted by Crippen LogP contribution is -2.34. The largest absolute Gasteiger partial charge is 0.481 e. The van der Waals surface area contributed by atoms with Crippen molar-refractivity contribution in [2.24, 2.45) is 11.8 Å². The van der Waals surface area contributed by atoms with Crippen LogP contribution in [0.15, 0.2) is 48.5 Å². The Morgan fingerprint density at radius 2 is 1.69 bits per heavy atom. The Balaban J connectivity index is 1.19. The van der Waals surface area contributed by atoms with Crippen molar-refractivity contribution in [1.29, 1.82) is 0 Å². The molecule has 0 heterocycles. The van der Waals surface area contributed by atoms with E-state index in [0.717, 1.165) is 19.3 Å². The summed E-state index contributed by atoms with van der Waals surface area (Å²) in [7, 11) is 0. The Morgan fingerprint density at radius 3 is 2.34 bits per heavy atom. The number of hydrogen-bond donors (Lipinski definition) is 3. The number of carboxylic acids is 1. The molecule has 0 aliphatic heterocycles. The quantitative estimate of drug-likeness (QED) is 0.459. The highest BCUT2D eigenvalue weighted by Crippen LogP contribution is 2.44. The van der Waals surface area contributed by atoms with Crippen molar-refractivity contribution in [3.63, 3.8) is 0 Å². The highest BCUT2D eigenvalue weighted by molar-refractivity contribution is 5.79. The van der Waals surface area contributed by atoms with Crippen molar-refractivity contribution in [2.75, 3.05) is 13.2 Å². The molecular formula is C28H34N2O5. The zero-order chi connectivity index (χ0) is 24.8. The second-order valence-corrected chi connectivity index (χ2v) is 9.89. The predicted octanol–water partition coefficient (Wildman–Crippen LogP) is 4.70. The average Bonchev–Trinajstić information content (AvgIpc) is 3.39. The first-order valence-electron chi connectivity index (χ1n) is 12.5. The molecule has 2 amide bonds. The normalized spacial score (nSPS) is 19.5. The number of hydrogen-bond acceptors (Lipinski definition) is 4. The second kappa shape index (κ2) is 11.4. The first-order valence-corrected chi connectivity index (χ1v) is 12.5. The molecule has 1 saturated carbocycles. The van der Waals surface area contributed by atoms with Gasteiger partial charge in [0.05, 0.1) is 0 Å². The zero-order valence-electron chi connectivity index (χ0n) is 20.2. The molecule has 3 N–H and O–H groups in total. The van der Waals surface area contributed by atoms with Crippen molar-refractivity contribution in [1.82, 2.24) is 10.6 Å². The smallest absolute Gasteiger partial charge is 0.407 e. The molecule has 2 aliphatic rings. The van der Waals surface area contributed by atoms with Crippen molar-refractivity contribution < 1.29 is 24.2 Å². The molecule has 0 aromatic heterocycles. The molecule has 2 aliphatic carbocycles. The average molecular weight is 479 g/mol. The summed E-state index contributed by atoms with van der Waals surface area (Å²) in [5.74, 6) is -0.536. The van der Waals surface area contributed by atoms with Crippen LogP contribution in [-0.2, 0) is 14.3 Å². The summed E-state index contributed by atoms with van der Waals surface area (Å²) < 4.78 is 5.65. The number of nitrogens with one attached hydrogen (secondary N) is 2. The molecule has 0 bridgehead atoms. The first-order chi connectivity index (χ1) is 16.9. The molecule has 2 aromatic rings. The van der Waals surface area contributed by atoms with E-state index in [4.69, 9.17) is 9.84 Å². The third kappa shape index (κ3) is 6.41. The van der Waals surface area contributed by atoms with Gasteiger partial charge in [-0.2, -0.15) is 0 Å². The number of amides is 2. The summed E-state index contributed by atoms with van der Waals surface area (Å²) in [5, 5.41) is 14.7. The Morgan fingerprint density at radius 1 is 1.03 bits per heavy atom. The summed E-state index contributed by atoms with van der Waals surface area (Å²) in [6, 6.07) is 16.5. The molecule has 0 spiro atoms.